The number of carboxylic acids is 1. The van der Waals surface area contributed by atoms with Crippen molar-refractivity contribution in [1.82, 2.24) is 10.2 Å². The number of rotatable bonds is 5. The molecule has 0 saturated carbocycles. The molecule has 1 aromatic carbocycles. The molecule has 2 rings (SSSR count). The van der Waals surface area contributed by atoms with Gasteiger partial charge in [0.25, 0.3) is 0 Å². The Balaban J connectivity index is 1.82. The second kappa shape index (κ2) is 8.34. The van der Waals surface area contributed by atoms with E-state index in [1.165, 1.54) is 0 Å². The van der Waals surface area contributed by atoms with E-state index in [9.17, 15) is 14.4 Å². The number of hydrogen-bond donors (Lipinski definition) is 2. The van der Waals surface area contributed by atoms with Gasteiger partial charge in [-0.05, 0) is 37.0 Å². The van der Waals surface area contributed by atoms with Gasteiger partial charge in [0.2, 0.25) is 11.8 Å². The van der Waals surface area contributed by atoms with Crippen molar-refractivity contribution in [1.29, 1.82) is 0 Å². The van der Waals surface area contributed by atoms with Gasteiger partial charge in [-0.25, -0.2) is 4.79 Å². The van der Waals surface area contributed by atoms with Gasteiger partial charge in [-0.15, -0.1) is 0 Å². The first-order chi connectivity index (χ1) is 12.2. The van der Waals surface area contributed by atoms with Crippen molar-refractivity contribution in [2.45, 2.75) is 40.0 Å². The van der Waals surface area contributed by atoms with Crippen LogP contribution in [0.4, 0.5) is 0 Å². The molecule has 1 saturated heterocycles. The first-order valence-electron chi connectivity index (χ1n) is 9.08. The van der Waals surface area contributed by atoms with Gasteiger partial charge in [-0.2, -0.15) is 0 Å². The van der Waals surface area contributed by atoms with Gasteiger partial charge in [0, 0.05) is 25.0 Å². The number of nitrogens with zero attached hydrogens (tertiary/aromatic N) is 1. The van der Waals surface area contributed by atoms with Crippen LogP contribution in [0.25, 0.3) is 0 Å². The molecular weight excluding hydrogens is 332 g/mol. The van der Waals surface area contributed by atoms with Crippen LogP contribution in [0.5, 0.6) is 0 Å². The molecule has 0 radical (unpaired) electrons. The summed E-state index contributed by atoms with van der Waals surface area (Å²) in [5.74, 6) is -1.03. The highest BCUT2D eigenvalue weighted by Gasteiger charge is 2.33. The third-order valence-electron chi connectivity index (χ3n) is 4.63. The number of carbonyl (C=O) groups is 3. The number of carbonyl (C=O) groups excluding carboxylic acids is 2. The average molecular weight is 360 g/mol. The zero-order valence-corrected chi connectivity index (χ0v) is 15.7. The molecule has 0 aromatic heterocycles. The molecule has 1 unspecified atom stereocenters. The number of hydrogen-bond acceptors (Lipinski definition) is 3. The van der Waals surface area contributed by atoms with Crippen LogP contribution in [-0.2, 0) is 16.0 Å². The number of carboxylic acid groups (broad SMARTS) is 1. The number of aromatic carboxylic acids is 1. The van der Waals surface area contributed by atoms with E-state index in [2.05, 4.69) is 5.32 Å². The minimum absolute atomic E-state index is 0.0152. The monoisotopic (exact) mass is 360 g/mol. The molecule has 142 valence electrons. The lowest BCUT2D eigenvalue weighted by Gasteiger charge is -2.35. The van der Waals surface area contributed by atoms with E-state index in [1.54, 1.807) is 29.2 Å². The quantitative estimate of drug-likeness (QED) is 0.844. The normalized spacial score (nSPS) is 17.7. The van der Waals surface area contributed by atoms with Crippen LogP contribution in [0, 0.1) is 11.3 Å². The first-order valence-corrected chi connectivity index (χ1v) is 9.08. The van der Waals surface area contributed by atoms with Crippen molar-refractivity contribution in [2.24, 2.45) is 11.3 Å². The molecule has 2 amide bonds. The van der Waals surface area contributed by atoms with Crippen LogP contribution in [-0.4, -0.2) is 47.4 Å². The lowest BCUT2D eigenvalue weighted by atomic mass is 9.91. The molecule has 1 atom stereocenters. The summed E-state index contributed by atoms with van der Waals surface area (Å²) in [7, 11) is 0. The Morgan fingerprint density at radius 1 is 1.19 bits per heavy atom. The summed E-state index contributed by atoms with van der Waals surface area (Å²) in [5, 5.41) is 11.8. The Morgan fingerprint density at radius 2 is 1.85 bits per heavy atom. The van der Waals surface area contributed by atoms with Gasteiger partial charge in [0.15, 0.2) is 0 Å². The Hall–Kier alpha value is -2.37. The molecule has 2 N–H and O–H groups in total. The van der Waals surface area contributed by atoms with E-state index < -0.39 is 11.4 Å². The minimum Gasteiger partial charge on any atom is -0.478 e. The fraction of sp³-hybridized carbons (Fsp3) is 0.550. The van der Waals surface area contributed by atoms with Crippen molar-refractivity contribution in [3.8, 4) is 0 Å². The molecular formula is C20H28N2O4. The largest absolute Gasteiger partial charge is 0.478 e. The predicted octanol–water partition coefficient (Wildman–Crippen LogP) is 2.33. The maximum Gasteiger partial charge on any atom is 0.335 e. The Morgan fingerprint density at radius 3 is 2.42 bits per heavy atom. The highest BCUT2D eigenvalue weighted by molar-refractivity contribution is 5.87. The zero-order chi connectivity index (χ0) is 19.3. The van der Waals surface area contributed by atoms with Crippen molar-refractivity contribution in [3.63, 3.8) is 0 Å². The number of nitrogens with one attached hydrogen (secondary N) is 1. The molecule has 0 aliphatic carbocycles. The summed E-state index contributed by atoms with van der Waals surface area (Å²) in [6.45, 7) is 7.39. The summed E-state index contributed by atoms with van der Waals surface area (Å²) in [4.78, 5) is 37.5. The molecule has 26 heavy (non-hydrogen) atoms. The second-order valence-electron chi connectivity index (χ2n) is 7.88. The summed E-state index contributed by atoms with van der Waals surface area (Å²) >= 11 is 0. The van der Waals surface area contributed by atoms with Crippen molar-refractivity contribution in [2.75, 3.05) is 19.6 Å². The molecule has 0 bridgehead atoms. The second-order valence-corrected chi connectivity index (χ2v) is 7.88. The smallest absolute Gasteiger partial charge is 0.335 e. The van der Waals surface area contributed by atoms with Crippen LogP contribution < -0.4 is 5.32 Å². The molecule has 1 aliphatic heterocycles. The lowest BCUT2D eigenvalue weighted by Crippen LogP contribution is -2.48. The van der Waals surface area contributed by atoms with Crippen LogP contribution >= 0.6 is 0 Å². The summed E-state index contributed by atoms with van der Waals surface area (Å²) < 4.78 is 0. The average Bonchev–Trinajstić information content (AvgIpc) is 2.60. The number of piperidine rings is 1. The third kappa shape index (κ3) is 5.31. The summed E-state index contributed by atoms with van der Waals surface area (Å²) in [6, 6.07) is 6.66. The van der Waals surface area contributed by atoms with E-state index in [1.807, 2.05) is 20.8 Å². The van der Waals surface area contributed by atoms with E-state index in [0.29, 0.717) is 19.5 Å². The van der Waals surface area contributed by atoms with Gasteiger partial charge in [-0.3, -0.25) is 9.59 Å². The number of benzene rings is 1. The topological polar surface area (TPSA) is 86.7 Å². The molecule has 6 heteroatoms. The van der Waals surface area contributed by atoms with Crippen molar-refractivity contribution in [3.05, 3.63) is 35.4 Å². The Kier molecular flexibility index (Phi) is 6.40. The predicted molar refractivity (Wildman–Crippen MR) is 98.9 cm³/mol. The minimum atomic E-state index is -0.948. The lowest BCUT2D eigenvalue weighted by molar-refractivity contribution is -0.142. The van der Waals surface area contributed by atoms with E-state index >= 15 is 0 Å². The van der Waals surface area contributed by atoms with Gasteiger partial charge in [-0.1, -0.05) is 32.9 Å². The first kappa shape index (κ1) is 19.9. The van der Waals surface area contributed by atoms with Crippen LogP contribution in [0.2, 0.25) is 0 Å². The van der Waals surface area contributed by atoms with Crippen LogP contribution in [0.1, 0.15) is 49.5 Å². The van der Waals surface area contributed by atoms with Gasteiger partial charge in [0.05, 0.1) is 11.5 Å². The van der Waals surface area contributed by atoms with E-state index in [-0.39, 0.29) is 23.3 Å². The standard InChI is InChI=1S/C20H28N2O4/c1-20(2,3)19(26)22-12-4-5-16(13-22)17(23)21-11-10-14-6-8-15(9-7-14)18(24)25/h6-9,16H,4-5,10-13H2,1-3H3,(H,21,23)(H,24,25). The zero-order valence-electron chi connectivity index (χ0n) is 15.7. The van der Waals surface area contributed by atoms with E-state index in [4.69, 9.17) is 5.11 Å². The molecule has 1 aliphatic rings. The molecule has 6 nitrogen and oxygen atoms in total. The highest BCUT2D eigenvalue weighted by atomic mass is 16.4. The molecule has 1 aromatic rings. The Labute approximate surface area is 154 Å². The van der Waals surface area contributed by atoms with Crippen LogP contribution in [0.3, 0.4) is 0 Å². The maximum atomic E-state index is 12.4. The Bertz CT molecular complexity index is 661. The molecule has 0 spiro atoms. The third-order valence-corrected chi connectivity index (χ3v) is 4.63. The molecule has 1 fully saturated rings. The fourth-order valence-electron chi connectivity index (χ4n) is 3.14. The summed E-state index contributed by atoms with van der Waals surface area (Å²) in [6.07, 6.45) is 2.28. The van der Waals surface area contributed by atoms with Crippen molar-refractivity contribution < 1.29 is 19.5 Å². The SMILES string of the molecule is CC(C)(C)C(=O)N1CCCC(C(=O)NCCc2ccc(C(=O)O)cc2)C1. The van der Waals surface area contributed by atoms with Crippen molar-refractivity contribution >= 4 is 17.8 Å². The van der Waals surface area contributed by atoms with E-state index in [0.717, 1.165) is 24.9 Å². The van der Waals surface area contributed by atoms with Crippen LogP contribution in [0.15, 0.2) is 24.3 Å². The van der Waals surface area contributed by atoms with Gasteiger partial charge in [0.1, 0.15) is 0 Å². The number of likely N-dealkylation sites (tertiary alicyclic amines) is 1. The molecule has 1 heterocycles. The maximum absolute atomic E-state index is 12.4. The summed E-state index contributed by atoms with van der Waals surface area (Å²) in [5.41, 5.74) is 0.799. The highest BCUT2D eigenvalue weighted by Crippen LogP contribution is 2.23. The number of amides is 2. The van der Waals surface area contributed by atoms with Gasteiger partial charge >= 0.3 is 5.97 Å². The fourth-order valence-corrected chi connectivity index (χ4v) is 3.14. The van der Waals surface area contributed by atoms with Gasteiger partial charge < -0.3 is 15.3 Å².